The molecule has 1 aromatic carbocycles. The minimum atomic E-state index is -1.63. The Morgan fingerprint density at radius 1 is 1.21 bits per heavy atom. The number of ether oxygens (including phenoxy) is 1. The Balaban J connectivity index is 0.00000529. The highest BCUT2D eigenvalue weighted by Crippen LogP contribution is 2.19. The van der Waals surface area contributed by atoms with Crippen molar-refractivity contribution in [1.29, 1.82) is 0 Å². The summed E-state index contributed by atoms with van der Waals surface area (Å²) in [4.78, 5) is 15.6. The van der Waals surface area contributed by atoms with Crippen LogP contribution in [0.2, 0.25) is 0 Å². The van der Waals surface area contributed by atoms with E-state index in [-0.39, 0.29) is 30.5 Å². The van der Waals surface area contributed by atoms with E-state index in [1.807, 2.05) is 0 Å². The van der Waals surface area contributed by atoms with Crippen LogP contribution in [0.25, 0.3) is 0 Å². The van der Waals surface area contributed by atoms with E-state index in [0.717, 1.165) is 18.6 Å². The molecule has 0 fully saturated rings. The van der Waals surface area contributed by atoms with Crippen LogP contribution in [0.3, 0.4) is 0 Å². The Morgan fingerprint density at radius 2 is 1.92 bits per heavy atom. The third-order valence-electron chi connectivity index (χ3n) is 2.77. The molecule has 0 aromatic heterocycles. The largest absolute Gasteiger partial charge is 0.385 e. The molecule has 3 N–H and O–H groups in total. The van der Waals surface area contributed by atoms with E-state index in [1.165, 1.54) is 7.05 Å². The molecule has 0 saturated heterocycles. The molecule has 136 valence electrons. The summed E-state index contributed by atoms with van der Waals surface area (Å²) in [5, 5.41) is 7.80. The standard InChI is InChI=1S/C14H19F3N4O2.HI/c1-18-14(19-6-3-7-23-2)20-8-11(22)21-10-5-4-9(15)12(16)13(10)17;/h4-5H,3,6-8H2,1-2H3,(H,21,22)(H2,18,19,20);1H. The predicted octanol–water partition coefficient (Wildman–Crippen LogP) is 1.86. The van der Waals surface area contributed by atoms with Crippen molar-refractivity contribution < 1.29 is 22.7 Å². The summed E-state index contributed by atoms with van der Waals surface area (Å²) >= 11 is 0. The zero-order chi connectivity index (χ0) is 17.2. The molecular formula is C14H20F3IN4O2. The van der Waals surface area contributed by atoms with Gasteiger partial charge in [0.05, 0.1) is 12.2 Å². The highest BCUT2D eigenvalue weighted by Gasteiger charge is 2.15. The molecule has 6 nitrogen and oxygen atoms in total. The molecule has 1 aromatic rings. The molecule has 10 heteroatoms. The minimum absolute atomic E-state index is 0. The summed E-state index contributed by atoms with van der Waals surface area (Å²) in [5.74, 6) is -4.65. The van der Waals surface area contributed by atoms with E-state index < -0.39 is 29.0 Å². The smallest absolute Gasteiger partial charge is 0.243 e. The summed E-state index contributed by atoms with van der Waals surface area (Å²) < 4.78 is 44.2. The van der Waals surface area contributed by atoms with Gasteiger partial charge in [-0.15, -0.1) is 24.0 Å². The number of anilines is 1. The van der Waals surface area contributed by atoms with Gasteiger partial charge in [0.1, 0.15) is 0 Å². The van der Waals surface area contributed by atoms with Gasteiger partial charge in [-0.1, -0.05) is 0 Å². The lowest BCUT2D eigenvalue weighted by Gasteiger charge is -2.12. The molecule has 0 unspecified atom stereocenters. The Hall–Kier alpha value is -1.56. The van der Waals surface area contributed by atoms with Gasteiger partial charge in [-0.2, -0.15) is 0 Å². The summed E-state index contributed by atoms with van der Waals surface area (Å²) in [6, 6.07) is 1.68. The molecular weight excluding hydrogens is 440 g/mol. The fraction of sp³-hybridized carbons (Fsp3) is 0.429. The highest BCUT2D eigenvalue weighted by molar-refractivity contribution is 14.0. The molecule has 24 heavy (non-hydrogen) atoms. The maximum absolute atomic E-state index is 13.4. The van der Waals surface area contributed by atoms with Gasteiger partial charge in [0.15, 0.2) is 23.4 Å². The molecule has 1 amide bonds. The van der Waals surface area contributed by atoms with Gasteiger partial charge < -0.3 is 20.7 Å². The fourth-order valence-electron chi connectivity index (χ4n) is 1.62. The third-order valence-corrected chi connectivity index (χ3v) is 2.77. The number of amides is 1. The normalized spacial score (nSPS) is 10.8. The fourth-order valence-corrected chi connectivity index (χ4v) is 1.62. The summed E-state index contributed by atoms with van der Waals surface area (Å²) in [7, 11) is 3.12. The Morgan fingerprint density at radius 3 is 2.54 bits per heavy atom. The number of methoxy groups -OCH3 is 1. The van der Waals surface area contributed by atoms with Gasteiger partial charge >= 0.3 is 0 Å². The lowest BCUT2D eigenvalue weighted by Crippen LogP contribution is -2.41. The number of nitrogens with zero attached hydrogens (tertiary/aromatic N) is 1. The van der Waals surface area contributed by atoms with E-state index in [9.17, 15) is 18.0 Å². The van der Waals surface area contributed by atoms with Crippen LogP contribution in [0.1, 0.15) is 6.42 Å². The van der Waals surface area contributed by atoms with Gasteiger partial charge in [-0.25, -0.2) is 13.2 Å². The zero-order valence-electron chi connectivity index (χ0n) is 13.3. The predicted molar refractivity (Wildman–Crippen MR) is 96.2 cm³/mol. The Labute approximate surface area is 155 Å². The minimum Gasteiger partial charge on any atom is -0.385 e. The van der Waals surface area contributed by atoms with Crippen LogP contribution in [0.15, 0.2) is 17.1 Å². The first kappa shape index (κ1) is 22.4. The average Bonchev–Trinajstić information content (AvgIpc) is 2.55. The lowest BCUT2D eigenvalue weighted by atomic mass is 10.2. The monoisotopic (exact) mass is 460 g/mol. The molecule has 0 saturated carbocycles. The topological polar surface area (TPSA) is 74.8 Å². The lowest BCUT2D eigenvalue weighted by molar-refractivity contribution is -0.115. The first-order chi connectivity index (χ1) is 11.0. The maximum Gasteiger partial charge on any atom is 0.243 e. The molecule has 1 rings (SSSR count). The van der Waals surface area contributed by atoms with E-state index in [4.69, 9.17) is 4.74 Å². The summed E-state index contributed by atoms with van der Waals surface area (Å²) in [6.07, 6.45) is 0.753. The molecule has 0 spiro atoms. The molecule has 0 heterocycles. The van der Waals surface area contributed by atoms with Crippen molar-refractivity contribution in [1.82, 2.24) is 10.6 Å². The molecule has 0 bridgehead atoms. The van der Waals surface area contributed by atoms with Gasteiger partial charge in [0, 0.05) is 27.3 Å². The first-order valence-corrected chi connectivity index (χ1v) is 6.86. The van der Waals surface area contributed by atoms with Crippen molar-refractivity contribution in [3.05, 3.63) is 29.6 Å². The van der Waals surface area contributed by atoms with E-state index in [2.05, 4.69) is 20.9 Å². The molecule has 0 radical (unpaired) electrons. The maximum atomic E-state index is 13.4. The number of carbonyl (C=O) groups excluding carboxylic acids is 1. The van der Waals surface area contributed by atoms with Crippen molar-refractivity contribution in [2.24, 2.45) is 4.99 Å². The first-order valence-electron chi connectivity index (χ1n) is 6.86. The molecule has 0 aliphatic rings. The van der Waals surface area contributed by atoms with Crippen molar-refractivity contribution in [2.45, 2.75) is 6.42 Å². The third kappa shape index (κ3) is 7.34. The number of nitrogens with one attached hydrogen (secondary N) is 3. The highest BCUT2D eigenvalue weighted by atomic mass is 127. The van der Waals surface area contributed by atoms with Crippen LogP contribution in [-0.2, 0) is 9.53 Å². The second-order valence-electron chi connectivity index (χ2n) is 4.47. The number of rotatable bonds is 7. The van der Waals surface area contributed by atoms with E-state index >= 15 is 0 Å². The SMILES string of the molecule is CN=C(NCCCOC)NCC(=O)Nc1ccc(F)c(F)c1F.I. The van der Waals surface area contributed by atoms with Gasteiger partial charge in [0.2, 0.25) is 5.91 Å². The van der Waals surface area contributed by atoms with Crippen LogP contribution in [0.4, 0.5) is 18.9 Å². The molecule has 0 atom stereocenters. The summed E-state index contributed by atoms with van der Waals surface area (Å²) in [5.41, 5.74) is -0.432. The van der Waals surface area contributed by atoms with Crippen LogP contribution >= 0.6 is 24.0 Å². The van der Waals surface area contributed by atoms with E-state index in [0.29, 0.717) is 19.1 Å². The number of hydrogen-bond donors (Lipinski definition) is 3. The Kier molecular flexibility index (Phi) is 11.1. The average molecular weight is 460 g/mol. The van der Waals surface area contributed by atoms with Crippen molar-refractivity contribution >= 4 is 41.5 Å². The quantitative estimate of drug-likeness (QED) is 0.191. The Bertz CT molecular complexity index is 573. The molecule has 0 aliphatic carbocycles. The van der Waals surface area contributed by atoms with Crippen LogP contribution in [0, 0.1) is 17.5 Å². The van der Waals surface area contributed by atoms with Crippen molar-refractivity contribution in [2.75, 3.05) is 39.2 Å². The molecule has 0 aliphatic heterocycles. The van der Waals surface area contributed by atoms with Gasteiger partial charge in [-0.3, -0.25) is 9.79 Å². The second kappa shape index (κ2) is 11.9. The number of carbonyl (C=O) groups is 1. The number of benzene rings is 1. The number of guanidine groups is 1. The van der Waals surface area contributed by atoms with Crippen LogP contribution in [0.5, 0.6) is 0 Å². The number of aliphatic imine (C=N–C) groups is 1. The van der Waals surface area contributed by atoms with Gasteiger partial charge in [-0.05, 0) is 18.6 Å². The van der Waals surface area contributed by atoms with Gasteiger partial charge in [0.25, 0.3) is 0 Å². The van der Waals surface area contributed by atoms with Crippen LogP contribution in [-0.4, -0.2) is 45.7 Å². The number of halogens is 4. The number of hydrogen-bond acceptors (Lipinski definition) is 3. The van der Waals surface area contributed by atoms with Crippen LogP contribution < -0.4 is 16.0 Å². The zero-order valence-corrected chi connectivity index (χ0v) is 15.6. The second-order valence-corrected chi connectivity index (χ2v) is 4.47. The van der Waals surface area contributed by atoms with Crippen molar-refractivity contribution in [3.63, 3.8) is 0 Å². The van der Waals surface area contributed by atoms with Crippen molar-refractivity contribution in [3.8, 4) is 0 Å². The van der Waals surface area contributed by atoms with E-state index in [1.54, 1.807) is 7.11 Å². The summed E-state index contributed by atoms with van der Waals surface area (Å²) in [6.45, 7) is 0.954.